The van der Waals surface area contributed by atoms with Gasteiger partial charge in [-0.05, 0) is 26.7 Å². The maximum Gasteiger partial charge on any atom is 0.137 e. The summed E-state index contributed by atoms with van der Waals surface area (Å²) in [4.78, 5) is 10.7. The molecule has 1 aliphatic rings. The van der Waals surface area contributed by atoms with Gasteiger partial charge in [-0.1, -0.05) is 0 Å². The second kappa shape index (κ2) is 4.25. The van der Waals surface area contributed by atoms with Crippen LogP contribution in [0.25, 0.3) is 0 Å². The maximum absolute atomic E-state index is 9.09. The van der Waals surface area contributed by atoms with Gasteiger partial charge in [-0.15, -0.1) is 0 Å². The van der Waals surface area contributed by atoms with E-state index in [1.165, 1.54) is 12.8 Å². The van der Waals surface area contributed by atoms with Gasteiger partial charge in [0.15, 0.2) is 0 Å². The Kier molecular flexibility index (Phi) is 2.96. The molecule has 88 valence electrons. The molecule has 1 heterocycles. The van der Waals surface area contributed by atoms with Crippen molar-refractivity contribution in [1.82, 2.24) is 9.97 Å². The van der Waals surface area contributed by atoms with Crippen LogP contribution in [0.3, 0.4) is 0 Å². The van der Waals surface area contributed by atoms with Gasteiger partial charge in [-0.25, -0.2) is 9.97 Å². The SMILES string of the molecule is Cc1nc(N)c(C)c(N(CCO)C2CC2)n1. The average Bonchev–Trinajstić information content (AvgIpc) is 3.04. The lowest BCUT2D eigenvalue weighted by atomic mass is 10.2. The van der Waals surface area contributed by atoms with Crippen LogP contribution in [0.1, 0.15) is 24.2 Å². The molecule has 3 N–H and O–H groups in total. The lowest BCUT2D eigenvalue weighted by Crippen LogP contribution is -2.31. The molecule has 1 aromatic heterocycles. The number of rotatable bonds is 4. The molecular weight excluding hydrogens is 204 g/mol. The molecule has 0 amide bonds. The van der Waals surface area contributed by atoms with E-state index in [2.05, 4.69) is 14.9 Å². The smallest absolute Gasteiger partial charge is 0.137 e. The van der Waals surface area contributed by atoms with E-state index < -0.39 is 0 Å². The summed E-state index contributed by atoms with van der Waals surface area (Å²) < 4.78 is 0. The van der Waals surface area contributed by atoms with Crippen molar-refractivity contribution in [3.8, 4) is 0 Å². The number of aryl methyl sites for hydroxylation is 1. The Morgan fingerprint density at radius 3 is 2.62 bits per heavy atom. The molecule has 0 aromatic carbocycles. The lowest BCUT2D eigenvalue weighted by Gasteiger charge is -2.24. The summed E-state index contributed by atoms with van der Waals surface area (Å²) in [5.41, 5.74) is 6.74. The Hall–Kier alpha value is -1.36. The number of nitrogens with zero attached hydrogens (tertiary/aromatic N) is 3. The van der Waals surface area contributed by atoms with E-state index in [0.29, 0.717) is 24.2 Å². The van der Waals surface area contributed by atoms with Crippen LogP contribution >= 0.6 is 0 Å². The van der Waals surface area contributed by atoms with E-state index >= 15 is 0 Å². The summed E-state index contributed by atoms with van der Waals surface area (Å²) in [5.74, 6) is 2.09. The van der Waals surface area contributed by atoms with E-state index in [-0.39, 0.29) is 6.61 Å². The summed E-state index contributed by atoms with van der Waals surface area (Å²) in [7, 11) is 0. The van der Waals surface area contributed by atoms with Crippen molar-refractivity contribution in [3.05, 3.63) is 11.4 Å². The van der Waals surface area contributed by atoms with Gasteiger partial charge in [0.2, 0.25) is 0 Å². The molecule has 5 nitrogen and oxygen atoms in total. The van der Waals surface area contributed by atoms with Crippen LogP contribution in [-0.2, 0) is 0 Å². The lowest BCUT2D eigenvalue weighted by molar-refractivity contribution is 0.301. The first-order valence-corrected chi connectivity index (χ1v) is 5.61. The third-order valence-corrected chi connectivity index (χ3v) is 2.87. The fourth-order valence-electron chi connectivity index (χ4n) is 1.87. The summed E-state index contributed by atoms with van der Waals surface area (Å²) in [6.45, 7) is 4.51. The number of aliphatic hydroxyl groups excluding tert-OH is 1. The second-order valence-corrected chi connectivity index (χ2v) is 4.25. The minimum Gasteiger partial charge on any atom is -0.395 e. The zero-order chi connectivity index (χ0) is 11.7. The first-order chi connectivity index (χ1) is 7.63. The molecule has 0 atom stereocenters. The molecule has 1 aliphatic carbocycles. The quantitative estimate of drug-likeness (QED) is 0.781. The highest BCUT2D eigenvalue weighted by Gasteiger charge is 2.31. The molecule has 0 spiro atoms. The molecule has 0 saturated heterocycles. The molecule has 1 aromatic rings. The second-order valence-electron chi connectivity index (χ2n) is 4.25. The van der Waals surface area contributed by atoms with Crippen LogP contribution in [0.4, 0.5) is 11.6 Å². The normalized spacial score (nSPS) is 15.2. The monoisotopic (exact) mass is 222 g/mol. The minimum atomic E-state index is 0.138. The fourth-order valence-corrected chi connectivity index (χ4v) is 1.87. The van der Waals surface area contributed by atoms with E-state index in [1.807, 2.05) is 13.8 Å². The predicted octanol–water partition coefficient (Wildman–Crippen LogP) is 0.637. The van der Waals surface area contributed by atoms with Crippen molar-refractivity contribution in [1.29, 1.82) is 0 Å². The third kappa shape index (κ3) is 2.09. The molecule has 0 bridgehead atoms. The van der Waals surface area contributed by atoms with Crippen molar-refractivity contribution < 1.29 is 5.11 Å². The van der Waals surface area contributed by atoms with Crippen LogP contribution in [0.5, 0.6) is 0 Å². The van der Waals surface area contributed by atoms with Crippen LogP contribution in [0.2, 0.25) is 0 Å². The summed E-state index contributed by atoms with van der Waals surface area (Å²) >= 11 is 0. The highest BCUT2D eigenvalue weighted by Crippen LogP contribution is 2.33. The molecule has 0 unspecified atom stereocenters. The molecule has 0 radical (unpaired) electrons. The van der Waals surface area contributed by atoms with Crippen LogP contribution in [0, 0.1) is 13.8 Å². The maximum atomic E-state index is 9.09. The Morgan fingerprint density at radius 2 is 2.06 bits per heavy atom. The van der Waals surface area contributed by atoms with Crippen molar-refractivity contribution in [2.24, 2.45) is 0 Å². The number of nitrogen functional groups attached to an aromatic ring is 1. The van der Waals surface area contributed by atoms with E-state index in [1.54, 1.807) is 0 Å². The fraction of sp³-hybridized carbons (Fsp3) is 0.636. The highest BCUT2D eigenvalue weighted by molar-refractivity contribution is 5.57. The molecular formula is C11H18N4O. The first-order valence-electron chi connectivity index (χ1n) is 5.61. The zero-order valence-corrected chi connectivity index (χ0v) is 9.77. The van der Waals surface area contributed by atoms with Gasteiger partial charge in [0.05, 0.1) is 6.61 Å². The van der Waals surface area contributed by atoms with E-state index in [4.69, 9.17) is 10.8 Å². The van der Waals surface area contributed by atoms with E-state index in [9.17, 15) is 0 Å². The largest absolute Gasteiger partial charge is 0.395 e. The highest BCUT2D eigenvalue weighted by atomic mass is 16.3. The topological polar surface area (TPSA) is 75.3 Å². The molecule has 5 heteroatoms. The van der Waals surface area contributed by atoms with E-state index in [0.717, 1.165) is 11.4 Å². The van der Waals surface area contributed by atoms with Crippen molar-refractivity contribution in [3.63, 3.8) is 0 Å². The van der Waals surface area contributed by atoms with Crippen molar-refractivity contribution >= 4 is 11.6 Å². The molecule has 0 aliphatic heterocycles. The molecule has 1 saturated carbocycles. The number of nitrogens with two attached hydrogens (primary N) is 1. The summed E-state index contributed by atoms with van der Waals surface area (Å²) in [6.07, 6.45) is 2.34. The van der Waals surface area contributed by atoms with Crippen LogP contribution in [-0.4, -0.2) is 34.3 Å². The first kappa shape index (κ1) is 11.1. The van der Waals surface area contributed by atoms with Gasteiger partial charge < -0.3 is 15.7 Å². The Bertz CT molecular complexity index is 390. The zero-order valence-electron chi connectivity index (χ0n) is 9.77. The van der Waals surface area contributed by atoms with Gasteiger partial charge in [-0.3, -0.25) is 0 Å². The summed E-state index contributed by atoms with van der Waals surface area (Å²) in [6, 6.07) is 0.513. The van der Waals surface area contributed by atoms with Gasteiger partial charge in [-0.2, -0.15) is 0 Å². The third-order valence-electron chi connectivity index (χ3n) is 2.87. The number of anilines is 2. The number of aliphatic hydroxyl groups is 1. The Labute approximate surface area is 95.3 Å². The molecule has 16 heavy (non-hydrogen) atoms. The predicted molar refractivity (Wildman–Crippen MR) is 63.4 cm³/mol. The van der Waals surface area contributed by atoms with Gasteiger partial charge in [0.25, 0.3) is 0 Å². The number of hydrogen-bond donors (Lipinski definition) is 2. The Morgan fingerprint density at radius 1 is 1.38 bits per heavy atom. The van der Waals surface area contributed by atoms with Gasteiger partial charge in [0, 0.05) is 18.2 Å². The van der Waals surface area contributed by atoms with Gasteiger partial charge >= 0.3 is 0 Å². The minimum absolute atomic E-state index is 0.138. The average molecular weight is 222 g/mol. The number of aromatic nitrogens is 2. The van der Waals surface area contributed by atoms with Crippen LogP contribution < -0.4 is 10.6 Å². The van der Waals surface area contributed by atoms with Crippen molar-refractivity contribution in [2.75, 3.05) is 23.8 Å². The Balaban J connectivity index is 2.35. The molecule has 1 fully saturated rings. The number of hydrogen-bond acceptors (Lipinski definition) is 5. The standard InChI is InChI=1S/C11H18N4O/c1-7-10(12)13-8(2)14-11(7)15(5-6-16)9-3-4-9/h9,16H,3-6H2,1-2H3,(H2,12,13,14). The summed E-state index contributed by atoms with van der Waals surface area (Å²) in [5, 5.41) is 9.09. The van der Waals surface area contributed by atoms with Crippen molar-refractivity contribution in [2.45, 2.75) is 32.7 Å². The molecule has 2 rings (SSSR count). The van der Waals surface area contributed by atoms with Crippen LogP contribution in [0.15, 0.2) is 0 Å². The van der Waals surface area contributed by atoms with Gasteiger partial charge in [0.1, 0.15) is 17.5 Å².